The van der Waals surface area contributed by atoms with Crippen molar-refractivity contribution in [3.05, 3.63) is 66.5 Å². The van der Waals surface area contributed by atoms with Crippen LogP contribution < -0.4 is 28.5 Å². The van der Waals surface area contributed by atoms with Crippen LogP contribution in [-0.2, 0) is 0 Å². The first-order valence-corrected chi connectivity index (χ1v) is 9.18. The molecule has 1 aliphatic heterocycles. The summed E-state index contributed by atoms with van der Waals surface area (Å²) in [6.45, 7) is 0. The first-order chi connectivity index (χ1) is 10.3. The molecular formula is C17H14I2N2S. The molecular weight excluding hydrogens is 518 g/mol. The van der Waals surface area contributed by atoms with Gasteiger partial charge in [-0.1, -0.05) is 76.8 Å². The number of nitrogens with zero attached hydrogens (tertiary/aromatic N) is 2. The number of rotatable bonds is 1. The van der Waals surface area contributed by atoms with E-state index in [1.807, 2.05) is 18.1 Å². The van der Waals surface area contributed by atoms with Gasteiger partial charge in [0, 0.05) is 5.75 Å². The third-order valence-corrected chi connectivity index (χ3v) is 6.80. The maximum absolute atomic E-state index is 4.65. The van der Waals surface area contributed by atoms with Gasteiger partial charge >= 0.3 is 0 Å². The van der Waals surface area contributed by atoms with Crippen molar-refractivity contribution in [1.82, 2.24) is 4.98 Å². The summed E-state index contributed by atoms with van der Waals surface area (Å²) in [7, 11) is 0. The van der Waals surface area contributed by atoms with Gasteiger partial charge in [0.15, 0.2) is 10.5 Å². The Kier molecular flexibility index (Phi) is 5.24. The van der Waals surface area contributed by atoms with Crippen molar-refractivity contribution in [2.75, 3.05) is 5.75 Å². The minimum absolute atomic E-state index is 0. The topological polar surface area (TPSA) is 16.8 Å². The molecule has 2 nitrogen and oxygen atoms in total. The van der Waals surface area contributed by atoms with Crippen LogP contribution in [0.15, 0.2) is 66.0 Å². The number of benzene rings is 2. The zero-order chi connectivity index (χ0) is 14.2. The van der Waals surface area contributed by atoms with E-state index in [1.54, 1.807) is 0 Å². The molecule has 2 atom stereocenters. The summed E-state index contributed by atoms with van der Waals surface area (Å²) in [6, 6.07) is 19.5. The van der Waals surface area contributed by atoms with Crippen LogP contribution in [0.3, 0.4) is 0 Å². The lowest BCUT2D eigenvalue weighted by molar-refractivity contribution is -0.749. The van der Waals surface area contributed by atoms with Crippen LogP contribution in [-0.4, -0.2) is 14.7 Å². The van der Waals surface area contributed by atoms with E-state index < -0.39 is 0 Å². The molecule has 1 aromatic heterocycles. The third-order valence-electron chi connectivity index (χ3n) is 3.85. The number of alkyl halides is 1. The van der Waals surface area contributed by atoms with Crippen molar-refractivity contribution >= 4 is 45.3 Å². The molecule has 2 aromatic carbocycles. The molecule has 0 aliphatic carbocycles. The molecule has 22 heavy (non-hydrogen) atoms. The van der Waals surface area contributed by atoms with E-state index in [9.17, 15) is 0 Å². The van der Waals surface area contributed by atoms with Crippen molar-refractivity contribution in [2.45, 2.75) is 15.0 Å². The van der Waals surface area contributed by atoms with E-state index in [0.717, 1.165) is 11.3 Å². The molecule has 0 bridgehead atoms. The minimum atomic E-state index is 0. The third kappa shape index (κ3) is 2.87. The number of hydrogen-bond donors (Lipinski definition) is 0. The van der Waals surface area contributed by atoms with Gasteiger partial charge in [0.1, 0.15) is 6.04 Å². The monoisotopic (exact) mass is 532 g/mol. The highest BCUT2D eigenvalue weighted by molar-refractivity contribution is 14.1. The van der Waals surface area contributed by atoms with Gasteiger partial charge in [-0.05, 0) is 22.7 Å². The highest BCUT2D eigenvalue weighted by Crippen LogP contribution is 2.36. The van der Waals surface area contributed by atoms with E-state index in [-0.39, 0.29) is 24.0 Å². The second kappa shape index (κ2) is 7.00. The first kappa shape index (κ1) is 16.4. The molecule has 112 valence electrons. The largest absolute Gasteiger partial charge is 1.00 e. The number of aromatic nitrogens is 2. The fourth-order valence-electron chi connectivity index (χ4n) is 2.88. The number of fused-ring (bicyclic) bond motifs is 3. The molecule has 5 heteroatoms. The Bertz CT molecular complexity index is 795. The van der Waals surface area contributed by atoms with Gasteiger partial charge in [-0.25, -0.2) is 4.57 Å². The Balaban J connectivity index is 0.00000144. The molecule has 2 unspecified atom stereocenters. The Labute approximate surface area is 164 Å². The summed E-state index contributed by atoms with van der Waals surface area (Å²) < 4.78 is 2.92. The molecule has 0 amide bonds. The van der Waals surface area contributed by atoms with Gasteiger partial charge in [0.05, 0.1) is 9.31 Å². The molecule has 2 heterocycles. The average molecular weight is 532 g/mol. The molecule has 0 saturated carbocycles. The lowest BCUT2D eigenvalue weighted by Gasteiger charge is -2.27. The maximum Gasteiger partial charge on any atom is 0.288 e. The molecule has 0 radical (unpaired) electrons. The Hall–Kier alpha value is -0.410. The Morgan fingerprint density at radius 2 is 1.77 bits per heavy atom. The van der Waals surface area contributed by atoms with Crippen LogP contribution in [0, 0.1) is 0 Å². The molecule has 0 saturated heterocycles. The fourth-order valence-corrected chi connectivity index (χ4v) is 5.32. The highest BCUT2D eigenvalue weighted by Gasteiger charge is 2.34. The second-order valence-corrected chi connectivity index (χ2v) is 7.77. The van der Waals surface area contributed by atoms with Gasteiger partial charge < -0.3 is 24.0 Å². The van der Waals surface area contributed by atoms with Crippen LogP contribution in [0.1, 0.15) is 11.6 Å². The van der Waals surface area contributed by atoms with E-state index in [2.05, 4.69) is 86.7 Å². The van der Waals surface area contributed by atoms with Crippen molar-refractivity contribution in [2.24, 2.45) is 0 Å². The summed E-state index contributed by atoms with van der Waals surface area (Å²) in [5, 5.41) is 2.59. The molecule has 3 aromatic rings. The van der Waals surface area contributed by atoms with Crippen molar-refractivity contribution in [1.29, 1.82) is 0 Å². The van der Waals surface area contributed by atoms with E-state index in [1.165, 1.54) is 16.0 Å². The fraction of sp³-hybridized carbons (Fsp3) is 0.176. The minimum Gasteiger partial charge on any atom is -1.00 e. The summed E-state index contributed by atoms with van der Waals surface area (Å²) in [5.41, 5.74) is 2.44. The number of thioether (sulfide) groups is 1. The van der Waals surface area contributed by atoms with Gasteiger partial charge in [0.2, 0.25) is 0 Å². The number of halogens is 2. The average Bonchev–Trinajstić information content (AvgIpc) is 2.55. The normalized spacial score (nSPS) is 20.2. The number of hydrogen-bond acceptors (Lipinski definition) is 2. The molecule has 0 fully saturated rings. The van der Waals surface area contributed by atoms with E-state index in [0.29, 0.717) is 9.97 Å². The Morgan fingerprint density at radius 1 is 1.05 bits per heavy atom. The summed E-state index contributed by atoms with van der Waals surface area (Å²) >= 11 is 4.51. The molecule has 0 spiro atoms. The van der Waals surface area contributed by atoms with E-state index in [4.69, 9.17) is 0 Å². The van der Waals surface area contributed by atoms with Gasteiger partial charge in [-0.2, -0.15) is 0 Å². The highest BCUT2D eigenvalue weighted by atomic mass is 127. The second-order valence-electron chi connectivity index (χ2n) is 5.16. The molecule has 1 aliphatic rings. The summed E-state index contributed by atoms with van der Waals surface area (Å²) in [5.74, 6) is 1.13. The van der Waals surface area contributed by atoms with Crippen LogP contribution >= 0.6 is 34.4 Å². The van der Waals surface area contributed by atoms with Gasteiger partial charge in [-0.15, -0.1) is 0 Å². The van der Waals surface area contributed by atoms with Crippen LogP contribution in [0.2, 0.25) is 0 Å². The standard InChI is InChI=1S/C17H14IN2S.HI/c18-14-10-21-17-13-8-4-5-9-15(13)19-11-20(17)16(14)12-6-2-1-3-7-12;/h1-9,11,14,16H,10H2;1H/q+1;/p-1. The Morgan fingerprint density at radius 3 is 2.59 bits per heavy atom. The predicted octanol–water partition coefficient (Wildman–Crippen LogP) is 1.02. The first-order valence-electron chi connectivity index (χ1n) is 6.95. The van der Waals surface area contributed by atoms with Gasteiger partial charge in [-0.3, -0.25) is 0 Å². The lowest BCUT2D eigenvalue weighted by atomic mass is 10.0. The smallest absolute Gasteiger partial charge is 0.288 e. The maximum atomic E-state index is 4.65. The molecule has 0 N–H and O–H groups in total. The van der Waals surface area contributed by atoms with E-state index >= 15 is 0 Å². The zero-order valence-corrected chi connectivity index (χ0v) is 16.8. The molecule has 4 rings (SSSR count). The van der Waals surface area contributed by atoms with Crippen molar-refractivity contribution in [3.63, 3.8) is 0 Å². The summed E-state index contributed by atoms with van der Waals surface area (Å²) in [4.78, 5) is 4.65. The lowest BCUT2D eigenvalue weighted by Crippen LogP contribution is -3.00. The summed E-state index contributed by atoms with van der Waals surface area (Å²) in [6.07, 6.45) is 2.01. The van der Waals surface area contributed by atoms with Crippen LogP contribution in [0.25, 0.3) is 10.9 Å². The van der Waals surface area contributed by atoms with Gasteiger partial charge in [0.25, 0.3) is 6.33 Å². The van der Waals surface area contributed by atoms with Crippen LogP contribution in [0.4, 0.5) is 0 Å². The number of para-hydroxylation sites is 1. The zero-order valence-electron chi connectivity index (χ0n) is 11.7. The quantitative estimate of drug-likeness (QED) is 0.202. The SMILES string of the molecule is IC1CSc2c3ccccc3nc[n+]2C1c1ccccc1.[I-]. The van der Waals surface area contributed by atoms with Crippen LogP contribution in [0.5, 0.6) is 0 Å². The van der Waals surface area contributed by atoms with Crippen molar-refractivity contribution < 1.29 is 28.5 Å². The van der Waals surface area contributed by atoms with Crippen molar-refractivity contribution in [3.8, 4) is 0 Å². The predicted molar refractivity (Wildman–Crippen MR) is 95.1 cm³/mol.